The number of aliphatic hydroxyl groups excluding tert-OH is 1. The minimum atomic E-state index is -0.984. The lowest BCUT2D eigenvalue weighted by atomic mass is 9.84. The lowest BCUT2D eigenvalue weighted by Crippen LogP contribution is -2.31. The third-order valence-corrected chi connectivity index (χ3v) is 6.10. The molecule has 1 heterocycles. The Labute approximate surface area is 201 Å². The fourth-order valence-corrected chi connectivity index (χ4v) is 4.36. The van der Waals surface area contributed by atoms with Crippen molar-refractivity contribution in [2.24, 2.45) is 0 Å². The van der Waals surface area contributed by atoms with Gasteiger partial charge in [0.1, 0.15) is 17.3 Å². The summed E-state index contributed by atoms with van der Waals surface area (Å²) >= 11 is 0. The molecule has 34 heavy (non-hydrogen) atoms. The molecule has 0 bridgehead atoms. The van der Waals surface area contributed by atoms with Gasteiger partial charge in [-0.3, -0.25) is 9.59 Å². The van der Waals surface area contributed by atoms with Crippen molar-refractivity contribution in [3.05, 3.63) is 70.5 Å². The third kappa shape index (κ3) is 5.01. The molecule has 2 aromatic rings. The summed E-state index contributed by atoms with van der Waals surface area (Å²) in [6.45, 7) is 10.8. The summed E-state index contributed by atoms with van der Waals surface area (Å²) in [7, 11) is 0. The number of benzene rings is 2. The molecule has 0 radical (unpaired) electrons. The number of hydrogen-bond acceptors (Lipinski definition) is 4. The van der Waals surface area contributed by atoms with Crippen LogP contribution in [0.5, 0.6) is 5.75 Å². The topological polar surface area (TPSA) is 66.8 Å². The van der Waals surface area contributed by atoms with Gasteiger partial charge in [-0.05, 0) is 43.0 Å². The molecule has 3 rings (SSSR count). The van der Waals surface area contributed by atoms with Crippen LogP contribution < -0.4 is 4.74 Å². The van der Waals surface area contributed by atoms with Crippen molar-refractivity contribution in [3.8, 4) is 5.75 Å². The maximum Gasteiger partial charge on any atom is 0.295 e. The van der Waals surface area contributed by atoms with Crippen molar-refractivity contribution in [1.29, 1.82) is 0 Å². The number of rotatable bonds is 8. The molecule has 1 saturated heterocycles. The van der Waals surface area contributed by atoms with E-state index in [-0.39, 0.29) is 22.3 Å². The maximum absolute atomic E-state index is 14.9. The van der Waals surface area contributed by atoms with Crippen molar-refractivity contribution >= 4 is 17.4 Å². The summed E-state index contributed by atoms with van der Waals surface area (Å²) in [6, 6.07) is 10.3. The smallest absolute Gasteiger partial charge is 0.295 e. The number of aliphatic hydroxyl groups is 1. The first-order chi connectivity index (χ1) is 16.1. The quantitative estimate of drug-likeness (QED) is 0.219. The summed E-state index contributed by atoms with van der Waals surface area (Å²) in [5.41, 5.74) is 1.06. The Bertz CT molecular complexity index is 1100. The zero-order valence-electron chi connectivity index (χ0n) is 20.7. The second-order valence-electron chi connectivity index (χ2n) is 9.62. The Morgan fingerprint density at radius 3 is 2.41 bits per heavy atom. The molecule has 1 aliphatic rings. The first-order valence-corrected chi connectivity index (χ1v) is 11.9. The van der Waals surface area contributed by atoms with Crippen molar-refractivity contribution in [3.63, 3.8) is 0 Å². The number of nitrogens with zero attached hydrogens (tertiary/aromatic N) is 1. The van der Waals surface area contributed by atoms with Gasteiger partial charge in [0.05, 0.1) is 18.2 Å². The number of carbonyl (C=O) groups excluding carboxylic acids is 2. The van der Waals surface area contributed by atoms with Gasteiger partial charge in [-0.25, -0.2) is 4.39 Å². The van der Waals surface area contributed by atoms with Gasteiger partial charge in [0.25, 0.3) is 11.7 Å². The molecular formula is C28H34FNO4. The predicted molar refractivity (Wildman–Crippen MR) is 131 cm³/mol. The van der Waals surface area contributed by atoms with Crippen molar-refractivity contribution in [1.82, 2.24) is 4.90 Å². The van der Waals surface area contributed by atoms with Gasteiger partial charge < -0.3 is 14.7 Å². The highest BCUT2D eigenvalue weighted by Crippen LogP contribution is 2.41. The minimum Gasteiger partial charge on any atom is -0.507 e. The molecule has 1 atom stereocenters. The molecule has 1 amide bonds. The van der Waals surface area contributed by atoms with Gasteiger partial charge in [0.2, 0.25) is 0 Å². The van der Waals surface area contributed by atoms with Gasteiger partial charge in [-0.15, -0.1) is 0 Å². The Morgan fingerprint density at radius 2 is 1.79 bits per heavy atom. The van der Waals surface area contributed by atoms with Crippen LogP contribution in [0.1, 0.15) is 76.6 Å². The van der Waals surface area contributed by atoms with Gasteiger partial charge in [-0.1, -0.05) is 58.7 Å². The lowest BCUT2D eigenvalue weighted by molar-refractivity contribution is -0.139. The number of ketones is 1. The summed E-state index contributed by atoms with van der Waals surface area (Å²) in [6.07, 6.45) is 2.50. The number of unbranched alkanes of at least 4 members (excludes halogenated alkanes) is 2. The standard InChI is InChI=1S/C28H34FNO4/c1-6-8-11-16-30-24(19-12-9-10-13-21(19)29)23(26(32)27(30)33)25(31)18-14-15-22(34-7-2)20(17-18)28(3,4)5/h9-10,12-15,17,24,31H,6-8,11,16H2,1-5H3/b25-23+. The van der Waals surface area contributed by atoms with Crippen LogP contribution in [0, 0.1) is 5.82 Å². The molecule has 1 unspecified atom stereocenters. The van der Waals surface area contributed by atoms with Crippen LogP contribution in [-0.2, 0) is 15.0 Å². The van der Waals surface area contributed by atoms with Crippen LogP contribution >= 0.6 is 0 Å². The first-order valence-electron chi connectivity index (χ1n) is 11.9. The Hall–Kier alpha value is -3.15. The first kappa shape index (κ1) is 25.5. The second-order valence-corrected chi connectivity index (χ2v) is 9.62. The number of amides is 1. The summed E-state index contributed by atoms with van der Waals surface area (Å²) in [5, 5.41) is 11.3. The summed E-state index contributed by atoms with van der Waals surface area (Å²) in [4.78, 5) is 27.5. The van der Waals surface area contributed by atoms with E-state index >= 15 is 0 Å². The van der Waals surface area contributed by atoms with Crippen LogP contribution in [0.4, 0.5) is 4.39 Å². The molecule has 1 fully saturated rings. The molecule has 1 N–H and O–H groups in total. The van der Waals surface area contributed by atoms with Gasteiger partial charge >= 0.3 is 0 Å². The lowest BCUT2D eigenvalue weighted by Gasteiger charge is -2.26. The number of Topliss-reactive ketones (excluding diaryl/α,β-unsaturated/α-hetero) is 1. The normalized spacial score (nSPS) is 17.9. The fourth-order valence-electron chi connectivity index (χ4n) is 4.36. The Kier molecular flexibility index (Phi) is 7.80. The Morgan fingerprint density at radius 1 is 1.09 bits per heavy atom. The third-order valence-electron chi connectivity index (χ3n) is 6.10. The zero-order valence-corrected chi connectivity index (χ0v) is 20.7. The van der Waals surface area contributed by atoms with Gasteiger partial charge in [0.15, 0.2) is 0 Å². The molecule has 0 saturated carbocycles. The van der Waals surface area contributed by atoms with E-state index in [0.717, 1.165) is 18.4 Å². The van der Waals surface area contributed by atoms with Crippen LogP contribution in [0.2, 0.25) is 0 Å². The molecule has 6 heteroatoms. The van der Waals surface area contributed by atoms with Crippen LogP contribution in [0.3, 0.4) is 0 Å². The van der Waals surface area contributed by atoms with E-state index in [2.05, 4.69) is 0 Å². The second kappa shape index (κ2) is 10.4. The zero-order chi connectivity index (χ0) is 25.0. The highest BCUT2D eigenvalue weighted by molar-refractivity contribution is 6.46. The largest absolute Gasteiger partial charge is 0.507 e. The number of carbonyl (C=O) groups is 2. The number of likely N-dealkylation sites (tertiary alicyclic amines) is 1. The average molecular weight is 468 g/mol. The fraction of sp³-hybridized carbons (Fsp3) is 0.429. The average Bonchev–Trinajstić information content (AvgIpc) is 3.04. The highest BCUT2D eigenvalue weighted by atomic mass is 19.1. The Balaban J connectivity index is 2.19. The van der Waals surface area contributed by atoms with E-state index in [1.807, 2.05) is 34.6 Å². The van der Waals surface area contributed by atoms with Crippen LogP contribution in [0.15, 0.2) is 48.0 Å². The van der Waals surface area contributed by atoms with Crippen molar-refractivity contribution in [2.75, 3.05) is 13.2 Å². The van der Waals surface area contributed by atoms with Crippen molar-refractivity contribution in [2.45, 2.75) is 65.3 Å². The maximum atomic E-state index is 14.9. The molecule has 182 valence electrons. The number of ether oxygens (including phenoxy) is 1. The van der Waals surface area contributed by atoms with Crippen molar-refractivity contribution < 1.29 is 23.8 Å². The minimum absolute atomic E-state index is 0.0874. The summed E-state index contributed by atoms with van der Waals surface area (Å²) < 4.78 is 20.6. The summed E-state index contributed by atoms with van der Waals surface area (Å²) in [5.74, 6) is -1.65. The molecule has 0 spiro atoms. The van der Waals surface area contributed by atoms with Gasteiger partial charge in [-0.2, -0.15) is 0 Å². The molecule has 1 aliphatic heterocycles. The molecule has 5 nitrogen and oxygen atoms in total. The number of halogens is 1. The van der Waals surface area contributed by atoms with E-state index < -0.39 is 23.5 Å². The van der Waals surface area contributed by atoms with E-state index in [9.17, 15) is 19.1 Å². The SMILES string of the molecule is CCCCCN1C(=O)C(=O)/C(=C(/O)c2ccc(OCC)c(C(C)(C)C)c2)C1c1ccccc1F. The predicted octanol–water partition coefficient (Wildman–Crippen LogP) is 6.13. The molecule has 0 aromatic heterocycles. The van der Waals surface area contributed by atoms with E-state index in [4.69, 9.17) is 4.74 Å². The van der Waals surface area contributed by atoms with Crippen LogP contribution in [0.25, 0.3) is 5.76 Å². The molecular weight excluding hydrogens is 433 g/mol. The molecule has 2 aromatic carbocycles. The number of hydrogen-bond donors (Lipinski definition) is 1. The van der Waals surface area contributed by atoms with Crippen LogP contribution in [-0.4, -0.2) is 34.8 Å². The van der Waals surface area contributed by atoms with E-state index in [1.165, 1.54) is 11.0 Å². The van der Waals surface area contributed by atoms with E-state index in [1.54, 1.807) is 36.4 Å². The monoisotopic (exact) mass is 467 g/mol. The van der Waals surface area contributed by atoms with Gasteiger partial charge in [0, 0.05) is 23.2 Å². The molecule has 0 aliphatic carbocycles. The van der Waals surface area contributed by atoms with E-state index in [0.29, 0.717) is 30.9 Å². The highest BCUT2D eigenvalue weighted by Gasteiger charge is 2.46.